The number of piperidine rings is 1. The Morgan fingerprint density at radius 2 is 2.08 bits per heavy atom. The molecule has 0 spiro atoms. The summed E-state index contributed by atoms with van der Waals surface area (Å²) in [6.07, 6.45) is 5.67. The van der Waals surface area contributed by atoms with Gasteiger partial charge in [0.25, 0.3) is 5.56 Å². The third-order valence-corrected chi connectivity index (χ3v) is 5.93. The Morgan fingerprint density at radius 1 is 1.23 bits per heavy atom. The second kappa shape index (κ2) is 6.00. The molecule has 3 aromatic heterocycles. The maximum absolute atomic E-state index is 12.9. The molecule has 8 heteroatoms. The summed E-state index contributed by atoms with van der Waals surface area (Å²) in [5, 5.41) is 14.1. The van der Waals surface area contributed by atoms with Crippen molar-refractivity contribution in [2.75, 3.05) is 13.1 Å². The van der Waals surface area contributed by atoms with Crippen molar-refractivity contribution in [1.29, 1.82) is 0 Å². The van der Waals surface area contributed by atoms with Crippen molar-refractivity contribution in [3.05, 3.63) is 46.5 Å². The van der Waals surface area contributed by atoms with Gasteiger partial charge in [-0.3, -0.25) is 9.48 Å². The number of fused-ring (bicyclic) bond motifs is 2. The molecule has 0 unspecified atom stereocenters. The Hall–Kier alpha value is -2.58. The maximum Gasteiger partial charge on any atom is 0.278 e. The van der Waals surface area contributed by atoms with E-state index in [4.69, 9.17) is 0 Å². The maximum atomic E-state index is 12.9. The van der Waals surface area contributed by atoms with Gasteiger partial charge < -0.3 is 5.32 Å². The van der Waals surface area contributed by atoms with Crippen LogP contribution in [0.5, 0.6) is 0 Å². The van der Waals surface area contributed by atoms with E-state index in [0.29, 0.717) is 4.96 Å². The molecule has 1 aromatic carbocycles. The monoisotopic (exact) mass is 366 g/mol. The molecule has 5 rings (SSSR count). The minimum absolute atomic E-state index is 0.0353. The third kappa shape index (κ3) is 2.53. The summed E-state index contributed by atoms with van der Waals surface area (Å²) in [6.45, 7) is 1.89. The van der Waals surface area contributed by atoms with Crippen LogP contribution in [-0.2, 0) is 7.05 Å². The van der Waals surface area contributed by atoms with E-state index >= 15 is 0 Å². The lowest BCUT2D eigenvalue weighted by Gasteiger charge is -2.21. The molecule has 26 heavy (non-hydrogen) atoms. The summed E-state index contributed by atoms with van der Waals surface area (Å²) < 4.78 is 3.26. The molecular formula is C18H18N6OS. The number of aromatic nitrogens is 5. The molecule has 1 N–H and O–H groups in total. The van der Waals surface area contributed by atoms with Gasteiger partial charge in [-0.1, -0.05) is 11.3 Å². The Kier molecular flexibility index (Phi) is 3.61. The fourth-order valence-electron chi connectivity index (χ4n) is 3.61. The van der Waals surface area contributed by atoms with E-state index in [9.17, 15) is 4.79 Å². The van der Waals surface area contributed by atoms with Gasteiger partial charge in [0.15, 0.2) is 0 Å². The zero-order valence-corrected chi connectivity index (χ0v) is 15.2. The van der Waals surface area contributed by atoms with Crippen LogP contribution in [-0.4, -0.2) is 37.5 Å². The summed E-state index contributed by atoms with van der Waals surface area (Å²) in [6, 6.07) is 6.03. The second-order valence-electron chi connectivity index (χ2n) is 6.72. The standard InChI is InChI=1S/C18H18N6OS/c1-23-10-13-8-12(2-3-15(13)21-23)16-22-24-17(25)14(9-20-18(24)26-16)11-4-6-19-7-5-11/h2-3,8-11,19H,4-7H2,1H3. The molecule has 1 fully saturated rings. The molecule has 1 aliphatic heterocycles. The SMILES string of the molecule is Cn1cc2cc(-c3nn4c(=O)c(C5CCNCC5)cnc4s3)ccc2n1. The number of nitrogens with one attached hydrogen (secondary N) is 1. The largest absolute Gasteiger partial charge is 0.317 e. The number of rotatable bonds is 2. The highest BCUT2D eigenvalue weighted by Crippen LogP contribution is 2.28. The van der Waals surface area contributed by atoms with Crippen LogP contribution in [0.15, 0.2) is 35.4 Å². The van der Waals surface area contributed by atoms with Gasteiger partial charge >= 0.3 is 0 Å². The molecule has 0 atom stereocenters. The van der Waals surface area contributed by atoms with Gasteiger partial charge in [0, 0.05) is 36.0 Å². The zero-order chi connectivity index (χ0) is 17.7. The van der Waals surface area contributed by atoms with Crippen molar-refractivity contribution in [2.24, 2.45) is 7.05 Å². The van der Waals surface area contributed by atoms with Gasteiger partial charge in [-0.05, 0) is 50.0 Å². The average molecular weight is 366 g/mol. The van der Waals surface area contributed by atoms with Crippen molar-refractivity contribution in [3.63, 3.8) is 0 Å². The van der Waals surface area contributed by atoms with Gasteiger partial charge in [-0.25, -0.2) is 4.98 Å². The molecule has 0 radical (unpaired) electrons. The van der Waals surface area contributed by atoms with Crippen molar-refractivity contribution < 1.29 is 0 Å². The van der Waals surface area contributed by atoms with Crippen molar-refractivity contribution in [2.45, 2.75) is 18.8 Å². The minimum atomic E-state index is -0.0353. The van der Waals surface area contributed by atoms with Crippen LogP contribution in [0.2, 0.25) is 0 Å². The van der Waals surface area contributed by atoms with Crippen LogP contribution in [0.25, 0.3) is 26.4 Å². The van der Waals surface area contributed by atoms with Gasteiger partial charge in [0.2, 0.25) is 4.96 Å². The first-order valence-corrected chi connectivity index (χ1v) is 9.54. The van der Waals surface area contributed by atoms with Crippen molar-refractivity contribution in [3.8, 4) is 10.6 Å². The molecule has 1 saturated heterocycles. The lowest BCUT2D eigenvalue weighted by atomic mass is 9.92. The van der Waals surface area contributed by atoms with E-state index in [1.54, 1.807) is 10.9 Å². The van der Waals surface area contributed by atoms with E-state index in [-0.39, 0.29) is 11.5 Å². The predicted octanol–water partition coefficient (Wildman–Crippen LogP) is 2.17. The highest BCUT2D eigenvalue weighted by Gasteiger charge is 2.21. The fraction of sp³-hybridized carbons (Fsp3) is 0.333. The highest BCUT2D eigenvalue weighted by molar-refractivity contribution is 7.19. The normalized spacial score (nSPS) is 15.9. The van der Waals surface area contributed by atoms with Crippen LogP contribution >= 0.6 is 11.3 Å². The number of benzene rings is 1. The van der Waals surface area contributed by atoms with E-state index in [0.717, 1.165) is 53.0 Å². The summed E-state index contributed by atoms with van der Waals surface area (Å²) in [5.74, 6) is 0.269. The van der Waals surface area contributed by atoms with Crippen molar-refractivity contribution >= 4 is 27.2 Å². The van der Waals surface area contributed by atoms with E-state index in [1.807, 2.05) is 25.4 Å². The average Bonchev–Trinajstić information content (AvgIpc) is 3.25. The van der Waals surface area contributed by atoms with Crippen LogP contribution in [0.1, 0.15) is 24.3 Å². The Balaban J connectivity index is 1.60. The second-order valence-corrected chi connectivity index (χ2v) is 7.68. The van der Waals surface area contributed by atoms with E-state index in [1.165, 1.54) is 15.9 Å². The van der Waals surface area contributed by atoms with E-state index < -0.39 is 0 Å². The molecule has 0 saturated carbocycles. The Bertz CT molecular complexity index is 1170. The quantitative estimate of drug-likeness (QED) is 0.588. The smallest absolute Gasteiger partial charge is 0.278 e. The molecule has 0 aliphatic carbocycles. The molecule has 7 nitrogen and oxygen atoms in total. The summed E-state index contributed by atoms with van der Waals surface area (Å²) >= 11 is 1.44. The molecule has 0 bridgehead atoms. The number of hydrogen-bond acceptors (Lipinski definition) is 6. The van der Waals surface area contributed by atoms with Gasteiger partial charge in [0.05, 0.1) is 5.52 Å². The molecule has 0 amide bonds. The molecule has 4 aromatic rings. The highest BCUT2D eigenvalue weighted by atomic mass is 32.1. The zero-order valence-electron chi connectivity index (χ0n) is 14.3. The summed E-state index contributed by atoms with van der Waals surface area (Å²) in [7, 11) is 1.91. The van der Waals surface area contributed by atoms with Crippen LogP contribution in [0.3, 0.4) is 0 Å². The topological polar surface area (TPSA) is 77.1 Å². The molecule has 132 valence electrons. The Labute approximate surface area is 153 Å². The van der Waals surface area contributed by atoms with Gasteiger partial charge in [-0.2, -0.15) is 14.7 Å². The molecule has 4 heterocycles. The van der Waals surface area contributed by atoms with Crippen LogP contribution in [0, 0.1) is 0 Å². The van der Waals surface area contributed by atoms with Gasteiger partial charge in [0.1, 0.15) is 5.01 Å². The third-order valence-electron chi connectivity index (χ3n) is 4.96. The van der Waals surface area contributed by atoms with Crippen LogP contribution < -0.4 is 10.9 Å². The number of aryl methyl sites for hydroxylation is 1. The van der Waals surface area contributed by atoms with Gasteiger partial charge in [-0.15, -0.1) is 0 Å². The summed E-state index contributed by atoms with van der Waals surface area (Å²) in [4.78, 5) is 18.1. The predicted molar refractivity (Wildman–Crippen MR) is 102 cm³/mol. The lowest BCUT2D eigenvalue weighted by Crippen LogP contribution is -2.30. The molecule has 1 aliphatic rings. The first-order valence-electron chi connectivity index (χ1n) is 8.72. The Morgan fingerprint density at radius 3 is 2.92 bits per heavy atom. The van der Waals surface area contributed by atoms with E-state index in [2.05, 4.69) is 26.6 Å². The first kappa shape index (κ1) is 15.7. The summed E-state index contributed by atoms with van der Waals surface area (Å²) in [5.41, 5.74) is 2.67. The molecular weight excluding hydrogens is 348 g/mol. The van der Waals surface area contributed by atoms with Crippen molar-refractivity contribution in [1.82, 2.24) is 29.7 Å². The number of hydrogen-bond donors (Lipinski definition) is 1. The fourth-order valence-corrected chi connectivity index (χ4v) is 4.47. The number of nitrogens with zero attached hydrogens (tertiary/aromatic N) is 5. The lowest BCUT2D eigenvalue weighted by molar-refractivity contribution is 0.456. The van der Waals surface area contributed by atoms with Crippen LogP contribution in [0.4, 0.5) is 0 Å². The minimum Gasteiger partial charge on any atom is -0.317 e. The first-order chi connectivity index (χ1) is 12.7.